The van der Waals surface area contributed by atoms with Crippen LogP contribution in [0.15, 0.2) is 48.5 Å². The number of hydrogen-bond donors (Lipinski definition) is 1. The van der Waals surface area contributed by atoms with Crippen molar-refractivity contribution < 1.29 is 9.72 Å². The van der Waals surface area contributed by atoms with Crippen LogP contribution < -0.4 is 5.32 Å². The first-order chi connectivity index (χ1) is 11.5. The molecule has 0 bridgehead atoms. The topological polar surface area (TPSA) is 72.2 Å². The number of hydrogen-bond acceptors (Lipinski definition) is 4. The van der Waals surface area contributed by atoms with Gasteiger partial charge in [-0.25, -0.2) is 0 Å². The molecule has 0 unspecified atom stereocenters. The van der Waals surface area contributed by atoms with Gasteiger partial charge in [0.1, 0.15) is 0 Å². The van der Waals surface area contributed by atoms with Gasteiger partial charge in [-0.1, -0.05) is 42.0 Å². The van der Waals surface area contributed by atoms with Crippen molar-refractivity contribution in [2.24, 2.45) is 0 Å². The minimum atomic E-state index is -0.420. The van der Waals surface area contributed by atoms with Crippen LogP contribution in [0.3, 0.4) is 0 Å². The molecule has 0 saturated heterocycles. The Morgan fingerprint density at radius 1 is 1.17 bits per heavy atom. The molecule has 5 nitrogen and oxygen atoms in total. The van der Waals surface area contributed by atoms with E-state index >= 15 is 0 Å². The number of nitro groups is 1. The highest BCUT2D eigenvalue weighted by molar-refractivity contribution is 7.99. The van der Waals surface area contributed by atoms with Gasteiger partial charge in [0.15, 0.2) is 0 Å². The summed E-state index contributed by atoms with van der Waals surface area (Å²) in [7, 11) is 0. The lowest BCUT2D eigenvalue weighted by molar-refractivity contribution is -0.384. The third kappa shape index (κ3) is 5.38. The minimum absolute atomic E-state index is 0.0185. The van der Waals surface area contributed by atoms with E-state index in [9.17, 15) is 14.9 Å². The fourth-order valence-corrected chi connectivity index (χ4v) is 3.00. The first-order valence-electron chi connectivity index (χ1n) is 7.62. The van der Waals surface area contributed by atoms with Crippen molar-refractivity contribution in [3.63, 3.8) is 0 Å². The SMILES string of the molecule is Cc1ccc([C@@H](C)NC(=O)CSCc2ccc([N+](=O)[O-])cc2)cc1. The van der Waals surface area contributed by atoms with E-state index in [1.54, 1.807) is 12.1 Å². The molecule has 0 fully saturated rings. The van der Waals surface area contributed by atoms with Gasteiger partial charge in [0.2, 0.25) is 5.91 Å². The van der Waals surface area contributed by atoms with Crippen LogP contribution in [0.2, 0.25) is 0 Å². The summed E-state index contributed by atoms with van der Waals surface area (Å²) in [5.41, 5.74) is 3.31. The van der Waals surface area contributed by atoms with Gasteiger partial charge in [0, 0.05) is 17.9 Å². The monoisotopic (exact) mass is 344 g/mol. The molecule has 2 aromatic rings. The number of benzene rings is 2. The van der Waals surface area contributed by atoms with Crippen LogP contribution in [0.5, 0.6) is 0 Å². The molecule has 6 heteroatoms. The lowest BCUT2D eigenvalue weighted by atomic mass is 10.1. The molecule has 0 aromatic heterocycles. The summed E-state index contributed by atoms with van der Waals surface area (Å²) in [6.07, 6.45) is 0. The Kier molecular flexibility index (Phi) is 6.37. The maximum absolute atomic E-state index is 12.0. The number of non-ortho nitro benzene ring substituents is 1. The predicted octanol–water partition coefficient (Wildman–Crippen LogP) is 4.01. The van der Waals surface area contributed by atoms with E-state index in [1.165, 1.54) is 29.5 Å². The van der Waals surface area contributed by atoms with Crippen molar-refractivity contribution >= 4 is 23.4 Å². The van der Waals surface area contributed by atoms with Crippen LogP contribution in [0.4, 0.5) is 5.69 Å². The lowest BCUT2D eigenvalue weighted by Gasteiger charge is -2.14. The molecule has 0 spiro atoms. The second-order valence-electron chi connectivity index (χ2n) is 5.62. The molecule has 1 N–H and O–H groups in total. The second-order valence-corrected chi connectivity index (χ2v) is 6.60. The van der Waals surface area contributed by atoms with Crippen molar-refractivity contribution in [1.29, 1.82) is 0 Å². The van der Waals surface area contributed by atoms with E-state index in [0.29, 0.717) is 11.5 Å². The van der Waals surface area contributed by atoms with Gasteiger partial charge in [-0.15, -0.1) is 11.8 Å². The quantitative estimate of drug-likeness (QED) is 0.608. The molecule has 1 atom stereocenters. The van der Waals surface area contributed by atoms with E-state index in [-0.39, 0.29) is 17.6 Å². The van der Waals surface area contributed by atoms with Crippen molar-refractivity contribution in [1.82, 2.24) is 5.32 Å². The van der Waals surface area contributed by atoms with Gasteiger partial charge in [-0.05, 0) is 25.0 Å². The summed E-state index contributed by atoms with van der Waals surface area (Å²) in [6.45, 7) is 3.99. The minimum Gasteiger partial charge on any atom is -0.349 e. The number of rotatable bonds is 7. The number of carbonyl (C=O) groups is 1. The number of nitrogens with one attached hydrogen (secondary N) is 1. The van der Waals surface area contributed by atoms with E-state index in [2.05, 4.69) is 5.32 Å². The summed E-state index contributed by atoms with van der Waals surface area (Å²) < 4.78 is 0. The molecular formula is C18H20N2O3S. The summed E-state index contributed by atoms with van der Waals surface area (Å²) in [6, 6.07) is 14.5. The zero-order chi connectivity index (χ0) is 17.5. The fraction of sp³-hybridized carbons (Fsp3) is 0.278. The molecule has 0 heterocycles. The van der Waals surface area contributed by atoms with E-state index in [0.717, 1.165) is 11.1 Å². The average molecular weight is 344 g/mol. The van der Waals surface area contributed by atoms with Gasteiger partial charge in [-0.2, -0.15) is 0 Å². The largest absolute Gasteiger partial charge is 0.349 e. The molecule has 0 aliphatic heterocycles. The average Bonchev–Trinajstić information content (AvgIpc) is 2.55. The van der Waals surface area contributed by atoms with Crippen LogP contribution in [0.25, 0.3) is 0 Å². The Bertz CT molecular complexity index is 699. The van der Waals surface area contributed by atoms with Crippen LogP contribution in [-0.2, 0) is 10.5 Å². The zero-order valence-corrected chi connectivity index (χ0v) is 14.5. The molecule has 0 aliphatic rings. The molecule has 126 valence electrons. The third-order valence-corrected chi connectivity index (χ3v) is 4.61. The van der Waals surface area contributed by atoms with Crippen LogP contribution in [0.1, 0.15) is 29.7 Å². The fourth-order valence-electron chi connectivity index (χ4n) is 2.20. The number of amides is 1. The molecule has 24 heavy (non-hydrogen) atoms. The number of aryl methyl sites for hydroxylation is 1. The van der Waals surface area contributed by atoms with Crippen LogP contribution in [-0.4, -0.2) is 16.6 Å². The van der Waals surface area contributed by atoms with Gasteiger partial charge >= 0.3 is 0 Å². The first-order valence-corrected chi connectivity index (χ1v) is 8.78. The van der Waals surface area contributed by atoms with Crippen LogP contribution >= 0.6 is 11.8 Å². The third-order valence-electron chi connectivity index (χ3n) is 3.60. The Hall–Kier alpha value is -2.34. The molecular weight excluding hydrogens is 324 g/mol. The van der Waals surface area contributed by atoms with Crippen molar-refractivity contribution in [2.75, 3.05) is 5.75 Å². The zero-order valence-electron chi connectivity index (χ0n) is 13.7. The Labute approximate surface area is 145 Å². The highest BCUT2D eigenvalue weighted by Gasteiger charge is 2.10. The Morgan fingerprint density at radius 3 is 2.38 bits per heavy atom. The second kappa shape index (κ2) is 8.49. The van der Waals surface area contributed by atoms with E-state index in [1.807, 2.05) is 38.1 Å². The molecule has 2 rings (SSSR count). The van der Waals surface area contributed by atoms with Crippen molar-refractivity contribution in [2.45, 2.75) is 25.6 Å². The smallest absolute Gasteiger partial charge is 0.269 e. The number of nitro benzene ring substituents is 1. The normalized spacial score (nSPS) is 11.8. The molecule has 0 saturated carbocycles. The lowest BCUT2D eigenvalue weighted by Crippen LogP contribution is -2.28. The number of carbonyl (C=O) groups excluding carboxylic acids is 1. The molecule has 0 aliphatic carbocycles. The highest BCUT2D eigenvalue weighted by Crippen LogP contribution is 2.17. The standard InChI is InChI=1S/C18H20N2O3S/c1-13-3-7-16(8-4-13)14(2)19-18(21)12-24-11-15-5-9-17(10-6-15)20(22)23/h3-10,14H,11-12H2,1-2H3,(H,19,21)/t14-/m1/s1. The maximum atomic E-state index is 12.0. The Morgan fingerprint density at radius 2 is 1.79 bits per heavy atom. The summed E-state index contributed by atoms with van der Waals surface area (Å²) in [5, 5.41) is 13.6. The van der Waals surface area contributed by atoms with Gasteiger partial charge in [-0.3, -0.25) is 14.9 Å². The molecule has 0 radical (unpaired) electrons. The highest BCUT2D eigenvalue weighted by atomic mass is 32.2. The van der Waals surface area contributed by atoms with Gasteiger partial charge in [0.05, 0.1) is 16.7 Å². The summed E-state index contributed by atoms with van der Waals surface area (Å²) in [5.74, 6) is 0.979. The van der Waals surface area contributed by atoms with Gasteiger partial charge in [0.25, 0.3) is 5.69 Å². The van der Waals surface area contributed by atoms with E-state index in [4.69, 9.17) is 0 Å². The van der Waals surface area contributed by atoms with E-state index < -0.39 is 4.92 Å². The summed E-state index contributed by atoms with van der Waals surface area (Å²) >= 11 is 1.49. The Balaban J connectivity index is 1.76. The molecule has 1 amide bonds. The van der Waals surface area contributed by atoms with Crippen molar-refractivity contribution in [3.05, 3.63) is 75.3 Å². The van der Waals surface area contributed by atoms with Crippen molar-refractivity contribution in [3.8, 4) is 0 Å². The summed E-state index contributed by atoms with van der Waals surface area (Å²) in [4.78, 5) is 22.2. The van der Waals surface area contributed by atoms with Gasteiger partial charge < -0.3 is 5.32 Å². The maximum Gasteiger partial charge on any atom is 0.269 e. The number of nitrogens with zero attached hydrogens (tertiary/aromatic N) is 1. The predicted molar refractivity (Wildman–Crippen MR) is 97.0 cm³/mol. The molecule has 2 aromatic carbocycles. The van der Waals surface area contributed by atoms with Crippen LogP contribution in [0, 0.1) is 17.0 Å². The first kappa shape index (κ1) is 18.0. The number of thioether (sulfide) groups is 1.